The third-order valence-corrected chi connectivity index (χ3v) is 4.41. The Kier molecular flexibility index (Phi) is 4.86. The monoisotopic (exact) mass is 340 g/mol. The van der Waals surface area contributed by atoms with Crippen LogP contribution in [-0.4, -0.2) is 5.91 Å². The van der Waals surface area contributed by atoms with Crippen LogP contribution >= 0.6 is 0 Å². The van der Waals surface area contributed by atoms with Gasteiger partial charge in [-0.3, -0.25) is 4.79 Å². The molecule has 0 aliphatic rings. The Morgan fingerprint density at radius 3 is 2.42 bits per heavy atom. The van der Waals surface area contributed by atoms with Crippen molar-refractivity contribution in [2.45, 2.75) is 20.3 Å². The first-order valence-electron chi connectivity index (χ1n) is 8.47. The number of fused-ring (bicyclic) bond motifs is 1. The van der Waals surface area contributed by atoms with E-state index in [-0.39, 0.29) is 5.57 Å². The maximum atomic E-state index is 11.6. The molecular formula is C23H20N2O. The Morgan fingerprint density at radius 1 is 1.08 bits per heavy atom. The van der Waals surface area contributed by atoms with Gasteiger partial charge >= 0.3 is 0 Å². The predicted octanol–water partition coefficient (Wildman–Crippen LogP) is 4.44. The van der Waals surface area contributed by atoms with Gasteiger partial charge in [-0.05, 0) is 53.8 Å². The minimum Gasteiger partial charge on any atom is -0.365 e. The Bertz CT molecular complexity index is 1050. The fraction of sp³-hybridized carbons (Fsp3) is 0.130. The zero-order valence-electron chi connectivity index (χ0n) is 14.9. The maximum Gasteiger partial charge on any atom is 0.259 e. The molecule has 0 atom stereocenters. The van der Waals surface area contributed by atoms with E-state index in [1.54, 1.807) is 6.08 Å². The van der Waals surface area contributed by atoms with Crippen molar-refractivity contribution in [3.8, 4) is 6.07 Å². The lowest BCUT2D eigenvalue weighted by Gasteiger charge is -2.12. The van der Waals surface area contributed by atoms with E-state index in [1.165, 1.54) is 16.7 Å². The average Bonchev–Trinajstić information content (AvgIpc) is 2.59. The first-order valence-corrected chi connectivity index (χ1v) is 8.47. The summed E-state index contributed by atoms with van der Waals surface area (Å²) < 4.78 is 0. The molecule has 1 amide bonds. The molecule has 3 nitrogen and oxygen atoms in total. The van der Waals surface area contributed by atoms with Crippen molar-refractivity contribution in [3.05, 3.63) is 88.0 Å². The summed E-state index contributed by atoms with van der Waals surface area (Å²) in [6.45, 7) is 4.16. The van der Waals surface area contributed by atoms with E-state index in [9.17, 15) is 10.1 Å². The molecule has 0 saturated carbocycles. The van der Waals surface area contributed by atoms with Crippen LogP contribution in [0.2, 0.25) is 0 Å². The molecule has 0 aliphatic heterocycles. The number of nitrogens with zero attached hydrogens (tertiary/aromatic N) is 1. The molecular weight excluding hydrogens is 320 g/mol. The Morgan fingerprint density at radius 2 is 1.77 bits per heavy atom. The smallest absolute Gasteiger partial charge is 0.259 e. The lowest BCUT2D eigenvalue weighted by Crippen LogP contribution is -2.12. The van der Waals surface area contributed by atoms with Crippen LogP contribution in [0.3, 0.4) is 0 Å². The molecule has 2 N–H and O–H groups in total. The van der Waals surface area contributed by atoms with Gasteiger partial charge in [-0.2, -0.15) is 5.26 Å². The summed E-state index contributed by atoms with van der Waals surface area (Å²) in [4.78, 5) is 11.6. The van der Waals surface area contributed by atoms with Crippen LogP contribution in [-0.2, 0) is 11.2 Å². The highest BCUT2D eigenvalue weighted by molar-refractivity contribution is 6.03. The number of nitrogens with two attached hydrogens (primary N) is 1. The summed E-state index contributed by atoms with van der Waals surface area (Å²) in [7, 11) is 0. The number of hydrogen-bond acceptors (Lipinski definition) is 2. The first-order chi connectivity index (χ1) is 12.5. The number of carbonyl (C=O) groups is 1. The second-order valence-corrected chi connectivity index (χ2v) is 6.57. The van der Waals surface area contributed by atoms with E-state index < -0.39 is 5.91 Å². The molecule has 0 spiro atoms. The molecule has 0 unspecified atom stereocenters. The number of rotatable bonds is 4. The zero-order valence-corrected chi connectivity index (χ0v) is 14.9. The molecule has 26 heavy (non-hydrogen) atoms. The lowest BCUT2D eigenvalue weighted by atomic mass is 9.92. The van der Waals surface area contributed by atoms with E-state index in [0.29, 0.717) is 0 Å². The van der Waals surface area contributed by atoms with Crippen molar-refractivity contribution in [2.24, 2.45) is 5.73 Å². The highest BCUT2D eigenvalue weighted by Gasteiger charge is 2.11. The number of nitriles is 1. The van der Waals surface area contributed by atoms with Crippen LogP contribution in [0.25, 0.3) is 16.8 Å². The van der Waals surface area contributed by atoms with Crippen LogP contribution in [0.4, 0.5) is 0 Å². The van der Waals surface area contributed by atoms with E-state index in [1.807, 2.05) is 30.3 Å². The number of benzene rings is 3. The van der Waals surface area contributed by atoms with Gasteiger partial charge in [0.1, 0.15) is 11.6 Å². The third kappa shape index (κ3) is 3.65. The van der Waals surface area contributed by atoms with E-state index in [0.717, 1.165) is 28.3 Å². The van der Waals surface area contributed by atoms with Gasteiger partial charge in [0.25, 0.3) is 5.91 Å². The van der Waals surface area contributed by atoms with Gasteiger partial charge in [-0.1, -0.05) is 65.7 Å². The van der Waals surface area contributed by atoms with Crippen molar-refractivity contribution >= 4 is 22.8 Å². The maximum absolute atomic E-state index is 11.6. The molecule has 3 aromatic rings. The van der Waals surface area contributed by atoms with Crippen molar-refractivity contribution in [3.63, 3.8) is 0 Å². The standard InChI is InChI=1S/C23H20N2O/c1-15-9-16(2)11-17(10-15)12-19-8-7-18-5-3-4-6-21(18)22(19)13-20(14-24)23(25)26/h3-11,13H,12H2,1-2H3,(H2,25,26)/b20-13+. The quantitative estimate of drug-likeness (QED) is 0.563. The van der Waals surface area contributed by atoms with E-state index >= 15 is 0 Å². The number of carbonyl (C=O) groups excluding carboxylic acids is 1. The molecule has 0 bridgehead atoms. The molecule has 3 heteroatoms. The number of hydrogen-bond donors (Lipinski definition) is 1. The minimum atomic E-state index is -0.710. The molecule has 0 fully saturated rings. The summed E-state index contributed by atoms with van der Waals surface area (Å²) in [6.07, 6.45) is 2.33. The number of amides is 1. The molecule has 0 heterocycles. The Labute approximate surface area is 153 Å². The summed E-state index contributed by atoms with van der Waals surface area (Å²) >= 11 is 0. The predicted molar refractivity (Wildman–Crippen MR) is 105 cm³/mol. The molecule has 128 valence electrons. The van der Waals surface area contributed by atoms with Crippen molar-refractivity contribution in [1.29, 1.82) is 5.26 Å². The van der Waals surface area contributed by atoms with Gasteiger partial charge in [0.2, 0.25) is 0 Å². The topological polar surface area (TPSA) is 66.9 Å². The van der Waals surface area contributed by atoms with Crippen LogP contribution < -0.4 is 5.73 Å². The molecule has 3 rings (SSSR count). The van der Waals surface area contributed by atoms with Gasteiger partial charge in [-0.15, -0.1) is 0 Å². The van der Waals surface area contributed by atoms with Crippen LogP contribution in [0.1, 0.15) is 27.8 Å². The minimum absolute atomic E-state index is 0.0389. The fourth-order valence-corrected chi connectivity index (χ4v) is 3.36. The van der Waals surface area contributed by atoms with Gasteiger partial charge in [-0.25, -0.2) is 0 Å². The summed E-state index contributed by atoms with van der Waals surface area (Å²) in [5.41, 5.74) is 10.9. The largest absolute Gasteiger partial charge is 0.365 e. The van der Waals surface area contributed by atoms with Crippen LogP contribution in [0.5, 0.6) is 0 Å². The highest BCUT2D eigenvalue weighted by atomic mass is 16.1. The zero-order chi connectivity index (χ0) is 18.7. The molecule has 0 radical (unpaired) electrons. The van der Waals surface area contributed by atoms with Crippen LogP contribution in [0, 0.1) is 25.2 Å². The van der Waals surface area contributed by atoms with Crippen LogP contribution in [0.15, 0.2) is 60.2 Å². The first kappa shape index (κ1) is 17.4. The van der Waals surface area contributed by atoms with Crippen molar-refractivity contribution in [2.75, 3.05) is 0 Å². The number of primary amides is 1. The fourth-order valence-electron chi connectivity index (χ4n) is 3.36. The average molecular weight is 340 g/mol. The molecule has 3 aromatic carbocycles. The lowest BCUT2D eigenvalue weighted by molar-refractivity contribution is -0.114. The van der Waals surface area contributed by atoms with Gasteiger partial charge in [0.15, 0.2) is 0 Å². The molecule has 0 saturated heterocycles. The van der Waals surface area contributed by atoms with E-state index in [4.69, 9.17) is 5.73 Å². The third-order valence-electron chi connectivity index (χ3n) is 4.41. The summed E-state index contributed by atoms with van der Waals surface area (Å²) in [5, 5.41) is 11.3. The molecule has 0 aromatic heterocycles. The summed E-state index contributed by atoms with van der Waals surface area (Å²) in [6, 6.07) is 20.5. The van der Waals surface area contributed by atoms with Gasteiger partial charge in [0.05, 0.1) is 0 Å². The molecule has 0 aliphatic carbocycles. The van der Waals surface area contributed by atoms with Crippen molar-refractivity contribution in [1.82, 2.24) is 0 Å². The summed E-state index contributed by atoms with van der Waals surface area (Å²) in [5.74, 6) is -0.710. The second-order valence-electron chi connectivity index (χ2n) is 6.57. The Hall–Kier alpha value is -3.38. The SMILES string of the molecule is Cc1cc(C)cc(Cc2ccc3ccccc3c2/C=C(\C#N)C(N)=O)c1. The normalized spacial score (nSPS) is 11.3. The Balaban J connectivity index is 2.20. The second kappa shape index (κ2) is 7.25. The van der Waals surface area contributed by atoms with Crippen molar-refractivity contribution < 1.29 is 4.79 Å². The van der Waals surface area contributed by atoms with Gasteiger partial charge < -0.3 is 5.73 Å². The van der Waals surface area contributed by atoms with E-state index in [2.05, 4.69) is 44.2 Å². The van der Waals surface area contributed by atoms with Gasteiger partial charge in [0, 0.05) is 0 Å². The number of aryl methyl sites for hydroxylation is 2. The highest BCUT2D eigenvalue weighted by Crippen LogP contribution is 2.27.